The third-order valence-electron chi connectivity index (χ3n) is 5.16. The smallest absolute Gasteiger partial charge is 0.423 e. The Morgan fingerprint density at radius 2 is 2.03 bits per heavy atom. The Kier molecular flexibility index (Phi) is 6.00. The Balaban J connectivity index is 1.43. The number of rotatable bonds is 6. The van der Waals surface area contributed by atoms with Gasteiger partial charge < -0.3 is 15.4 Å². The van der Waals surface area contributed by atoms with Gasteiger partial charge in [-0.05, 0) is 42.5 Å². The summed E-state index contributed by atoms with van der Waals surface area (Å²) in [6, 6.07) is 12.9. The molecule has 2 aromatic heterocycles. The molecule has 30 heavy (non-hydrogen) atoms. The third-order valence-corrected chi connectivity index (χ3v) is 5.16. The molecule has 3 heterocycles. The number of likely N-dealkylation sites (tertiary alicyclic amines) is 1. The molecule has 0 aliphatic carbocycles. The first-order valence-electron chi connectivity index (χ1n) is 9.76. The second kappa shape index (κ2) is 9.01. The van der Waals surface area contributed by atoms with E-state index in [4.69, 9.17) is 5.26 Å². The van der Waals surface area contributed by atoms with Gasteiger partial charge in [-0.3, -0.25) is 9.88 Å². The van der Waals surface area contributed by atoms with Crippen LogP contribution in [0.25, 0.3) is 0 Å². The zero-order chi connectivity index (χ0) is 20.9. The van der Waals surface area contributed by atoms with E-state index in [2.05, 4.69) is 25.2 Å². The highest BCUT2D eigenvalue weighted by atomic mass is 16.4. The van der Waals surface area contributed by atoms with Gasteiger partial charge in [0.05, 0.1) is 36.0 Å². The molecule has 0 bridgehead atoms. The summed E-state index contributed by atoms with van der Waals surface area (Å²) >= 11 is 0. The molecule has 150 valence electrons. The molecule has 8 nitrogen and oxygen atoms in total. The van der Waals surface area contributed by atoms with E-state index in [1.165, 1.54) is 0 Å². The van der Waals surface area contributed by atoms with Crippen molar-refractivity contribution in [2.75, 3.05) is 11.9 Å². The Labute approximate surface area is 175 Å². The lowest BCUT2D eigenvalue weighted by Crippen LogP contribution is -2.31. The number of benzene rings is 1. The van der Waals surface area contributed by atoms with Crippen LogP contribution in [0, 0.1) is 11.3 Å². The highest BCUT2D eigenvalue weighted by Crippen LogP contribution is 2.32. The minimum absolute atomic E-state index is 0.172. The lowest BCUT2D eigenvalue weighted by molar-refractivity contribution is 0.244. The quantitative estimate of drug-likeness (QED) is 0.533. The molecule has 1 aliphatic rings. The van der Waals surface area contributed by atoms with E-state index in [-0.39, 0.29) is 6.04 Å². The summed E-state index contributed by atoms with van der Waals surface area (Å²) in [4.78, 5) is 15.5. The second-order valence-electron chi connectivity index (χ2n) is 7.24. The van der Waals surface area contributed by atoms with Crippen LogP contribution in [0.4, 0.5) is 11.5 Å². The van der Waals surface area contributed by atoms with Crippen LogP contribution in [0.5, 0.6) is 0 Å². The van der Waals surface area contributed by atoms with Crippen molar-refractivity contribution in [3.63, 3.8) is 0 Å². The summed E-state index contributed by atoms with van der Waals surface area (Å²) in [7, 11) is -1.46. The molecule has 0 spiro atoms. The van der Waals surface area contributed by atoms with Crippen LogP contribution in [-0.2, 0) is 6.54 Å². The van der Waals surface area contributed by atoms with Crippen LogP contribution in [0.2, 0.25) is 0 Å². The first-order chi connectivity index (χ1) is 14.6. The molecule has 0 unspecified atom stereocenters. The fraction of sp³-hybridized carbons (Fsp3) is 0.238. The van der Waals surface area contributed by atoms with Gasteiger partial charge in [-0.2, -0.15) is 5.26 Å². The minimum Gasteiger partial charge on any atom is -0.423 e. The molecule has 1 aliphatic heterocycles. The van der Waals surface area contributed by atoms with Crippen molar-refractivity contribution in [3.8, 4) is 6.07 Å². The summed E-state index contributed by atoms with van der Waals surface area (Å²) < 4.78 is 0. The predicted molar refractivity (Wildman–Crippen MR) is 113 cm³/mol. The van der Waals surface area contributed by atoms with Gasteiger partial charge in [-0.1, -0.05) is 24.3 Å². The number of pyridine rings is 1. The van der Waals surface area contributed by atoms with Crippen molar-refractivity contribution in [3.05, 3.63) is 71.9 Å². The standard InChI is InChI=1S/C21H21BN6O2/c23-10-17-6-7-18(11-24-17)27-21-13-25-19(12-26-21)20-5-2-8-28(20)14-15-3-1-4-16(9-15)22(29)30/h1,3-4,6-7,9,11-13,20,29-30H,2,5,8,14H2,(H,26,27)/t20-/m1/s1. The maximum atomic E-state index is 9.40. The predicted octanol–water partition coefficient (Wildman–Crippen LogP) is 1.50. The summed E-state index contributed by atoms with van der Waals surface area (Å²) in [5.41, 5.74) is 3.55. The van der Waals surface area contributed by atoms with Gasteiger partial charge in [0.15, 0.2) is 0 Å². The van der Waals surface area contributed by atoms with Gasteiger partial charge in [0.2, 0.25) is 0 Å². The fourth-order valence-corrected chi connectivity index (χ4v) is 3.69. The van der Waals surface area contributed by atoms with Crippen molar-refractivity contribution in [2.24, 2.45) is 0 Å². The van der Waals surface area contributed by atoms with E-state index in [1.54, 1.807) is 36.8 Å². The van der Waals surface area contributed by atoms with Gasteiger partial charge in [0, 0.05) is 6.54 Å². The average Bonchev–Trinajstić information content (AvgIpc) is 3.23. The molecular formula is C21H21BN6O2. The van der Waals surface area contributed by atoms with E-state index in [0.29, 0.717) is 23.5 Å². The Morgan fingerprint density at radius 1 is 1.13 bits per heavy atom. The summed E-state index contributed by atoms with van der Waals surface area (Å²) in [6.45, 7) is 1.67. The highest BCUT2D eigenvalue weighted by molar-refractivity contribution is 6.58. The number of hydrogen-bond donors (Lipinski definition) is 3. The first kappa shape index (κ1) is 20.0. The van der Waals surface area contributed by atoms with Gasteiger partial charge >= 0.3 is 7.12 Å². The summed E-state index contributed by atoms with van der Waals surface area (Å²) in [6.07, 6.45) is 7.16. The molecule has 0 radical (unpaired) electrons. The normalized spacial score (nSPS) is 16.2. The van der Waals surface area contributed by atoms with E-state index < -0.39 is 7.12 Å². The molecule has 4 rings (SSSR count). The van der Waals surface area contributed by atoms with Crippen LogP contribution in [0.1, 0.15) is 35.8 Å². The van der Waals surface area contributed by atoms with E-state index >= 15 is 0 Å². The Morgan fingerprint density at radius 3 is 2.73 bits per heavy atom. The maximum Gasteiger partial charge on any atom is 0.488 e. The molecular weight excluding hydrogens is 379 g/mol. The molecule has 9 heteroatoms. The van der Waals surface area contributed by atoms with Gasteiger partial charge in [-0.25, -0.2) is 9.97 Å². The third kappa shape index (κ3) is 4.63. The second-order valence-corrected chi connectivity index (χ2v) is 7.24. The minimum atomic E-state index is -1.46. The number of nitriles is 1. The van der Waals surface area contributed by atoms with Gasteiger partial charge in [-0.15, -0.1) is 0 Å². The van der Waals surface area contributed by atoms with E-state index in [1.807, 2.05) is 24.3 Å². The van der Waals surface area contributed by atoms with Gasteiger partial charge in [0.25, 0.3) is 0 Å². The Hall–Kier alpha value is -3.32. The fourth-order valence-electron chi connectivity index (χ4n) is 3.69. The number of nitrogens with one attached hydrogen (secondary N) is 1. The van der Waals surface area contributed by atoms with Crippen molar-refractivity contribution in [1.29, 1.82) is 5.26 Å². The summed E-state index contributed by atoms with van der Waals surface area (Å²) in [5.74, 6) is 0.611. The number of anilines is 2. The Bertz CT molecular complexity index is 1040. The number of nitrogens with zero attached hydrogens (tertiary/aromatic N) is 5. The lowest BCUT2D eigenvalue weighted by Gasteiger charge is -2.24. The van der Waals surface area contributed by atoms with Crippen LogP contribution in [-0.4, -0.2) is 43.6 Å². The molecule has 0 saturated carbocycles. The van der Waals surface area contributed by atoms with Crippen molar-refractivity contribution < 1.29 is 10.0 Å². The van der Waals surface area contributed by atoms with Crippen LogP contribution < -0.4 is 10.8 Å². The summed E-state index contributed by atoms with van der Waals surface area (Å²) in [5, 5.41) is 30.8. The topological polar surface area (TPSA) is 118 Å². The molecule has 1 aromatic carbocycles. The SMILES string of the molecule is N#Cc1ccc(Nc2cnc([C@H]3CCCN3Cc3cccc(B(O)O)c3)cn2)cn1. The molecule has 1 saturated heterocycles. The van der Waals surface area contributed by atoms with Gasteiger partial charge in [0.1, 0.15) is 17.6 Å². The first-order valence-corrected chi connectivity index (χ1v) is 9.76. The molecule has 1 fully saturated rings. The van der Waals surface area contributed by atoms with E-state index in [9.17, 15) is 10.0 Å². The maximum absolute atomic E-state index is 9.40. The highest BCUT2D eigenvalue weighted by Gasteiger charge is 2.27. The van der Waals surface area contributed by atoms with Crippen molar-refractivity contribution in [1.82, 2.24) is 19.9 Å². The van der Waals surface area contributed by atoms with Crippen LogP contribution in [0.3, 0.4) is 0 Å². The largest absolute Gasteiger partial charge is 0.488 e. The monoisotopic (exact) mass is 400 g/mol. The van der Waals surface area contributed by atoms with Crippen molar-refractivity contribution in [2.45, 2.75) is 25.4 Å². The van der Waals surface area contributed by atoms with E-state index in [0.717, 1.165) is 36.3 Å². The number of hydrogen-bond acceptors (Lipinski definition) is 8. The lowest BCUT2D eigenvalue weighted by atomic mass is 9.79. The molecule has 0 amide bonds. The zero-order valence-corrected chi connectivity index (χ0v) is 16.3. The molecule has 1 atom stereocenters. The number of aromatic nitrogens is 3. The van der Waals surface area contributed by atoms with Crippen LogP contribution in [0.15, 0.2) is 55.0 Å². The molecule has 3 aromatic rings. The van der Waals surface area contributed by atoms with Crippen molar-refractivity contribution >= 4 is 24.1 Å². The zero-order valence-electron chi connectivity index (χ0n) is 16.3. The average molecular weight is 400 g/mol. The molecule has 3 N–H and O–H groups in total. The van der Waals surface area contributed by atoms with Crippen LogP contribution >= 0.6 is 0 Å².